The number of halogens is 2. The van der Waals surface area contributed by atoms with Gasteiger partial charge in [0.15, 0.2) is 0 Å². The van der Waals surface area contributed by atoms with Crippen LogP contribution in [0.3, 0.4) is 0 Å². The summed E-state index contributed by atoms with van der Waals surface area (Å²) >= 11 is 0. The van der Waals surface area contributed by atoms with Gasteiger partial charge in [0.2, 0.25) is 11.8 Å². The molecule has 1 unspecified atom stereocenters. The maximum absolute atomic E-state index is 14.1. The van der Waals surface area contributed by atoms with Gasteiger partial charge in [-0.3, -0.25) is 14.6 Å². The molecule has 0 N–H and O–H groups in total. The summed E-state index contributed by atoms with van der Waals surface area (Å²) in [6.45, 7) is 1.04. The normalized spacial score (nSPS) is 19.3. The third kappa shape index (κ3) is 3.41. The first-order chi connectivity index (χ1) is 13.0. The maximum atomic E-state index is 14.1. The number of anilines is 1. The first-order valence-electron chi connectivity index (χ1n) is 9.00. The minimum Gasteiger partial charge on any atom is -0.336 e. The van der Waals surface area contributed by atoms with Crippen LogP contribution in [-0.2, 0) is 22.6 Å². The van der Waals surface area contributed by atoms with Gasteiger partial charge in [0.05, 0.1) is 23.8 Å². The molecule has 5 nitrogen and oxygen atoms in total. The van der Waals surface area contributed by atoms with E-state index < -0.39 is 17.6 Å². The van der Waals surface area contributed by atoms with Crippen LogP contribution in [0.4, 0.5) is 14.5 Å². The SMILES string of the molecule is O=C1CC(C(=O)N2CCCc3c(F)cc(F)cc32)CN1Cc1ccccn1. The van der Waals surface area contributed by atoms with E-state index in [9.17, 15) is 18.4 Å². The molecule has 4 rings (SSSR count). The number of hydrogen-bond acceptors (Lipinski definition) is 3. The van der Waals surface area contributed by atoms with E-state index in [1.165, 1.54) is 11.0 Å². The minimum absolute atomic E-state index is 0.106. The summed E-state index contributed by atoms with van der Waals surface area (Å²) in [6.07, 6.45) is 2.85. The second-order valence-corrected chi connectivity index (χ2v) is 6.98. The number of pyridine rings is 1. The lowest BCUT2D eigenvalue weighted by Gasteiger charge is -2.31. The van der Waals surface area contributed by atoms with Gasteiger partial charge in [-0.2, -0.15) is 0 Å². The Hall–Kier alpha value is -2.83. The highest BCUT2D eigenvalue weighted by Crippen LogP contribution is 2.33. The minimum atomic E-state index is -0.703. The number of likely N-dealkylation sites (tertiary alicyclic amines) is 1. The highest BCUT2D eigenvalue weighted by atomic mass is 19.1. The largest absolute Gasteiger partial charge is 0.336 e. The zero-order chi connectivity index (χ0) is 19.0. The average Bonchev–Trinajstić information content (AvgIpc) is 3.02. The predicted molar refractivity (Wildman–Crippen MR) is 94.8 cm³/mol. The Morgan fingerprint density at radius 3 is 2.89 bits per heavy atom. The zero-order valence-corrected chi connectivity index (χ0v) is 14.7. The molecule has 7 heteroatoms. The molecule has 2 aromatic rings. The van der Waals surface area contributed by atoms with Gasteiger partial charge in [-0.1, -0.05) is 6.07 Å². The van der Waals surface area contributed by atoms with E-state index in [1.54, 1.807) is 17.2 Å². The third-order valence-electron chi connectivity index (χ3n) is 5.14. The smallest absolute Gasteiger partial charge is 0.232 e. The monoisotopic (exact) mass is 371 g/mol. The molecule has 0 radical (unpaired) electrons. The Morgan fingerprint density at radius 1 is 1.26 bits per heavy atom. The Balaban J connectivity index is 1.52. The highest BCUT2D eigenvalue weighted by molar-refractivity contribution is 5.99. The van der Waals surface area contributed by atoms with E-state index in [2.05, 4.69) is 4.98 Å². The van der Waals surface area contributed by atoms with E-state index in [4.69, 9.17) is 0 Å². The van der Waals surface area contributed by atoms with Crippen molar-refractivity contribution in [1.82, 2.24) is 9.88 Å². The number of fused-ring (bicyclic) bond motifs is 1. The first kappa shape index (κ1) is 17.6. The van der Waals surface area contributed by atoms with Gasteiger partial charge < -0.3 is 9.80 Å². The number of benzene rings is 1. The summed E-state index contributed by atoms with van der Waals surface area (Å²) in [5.41, 5.74) is 1.41. The van der Waals surface area contributed by atoms with Crippen molar-refractivity contribution >= 4 is 17.5 Å². The van der Waals surface area contributed by atoms with Crippen LogP contribution >= 0.6 is 0 Å². The molecule has 1 fully saturated rings. The maximum Gasteiger partial charge on any atom is 0.232 e. The van der Waals surface area contributed by atoms with Crippen molar-refractivity contribution in [3.63, 3.8) is 0 Å². The molecule has 27 heavy (non-hydrogen) atoms. The fraction of sp³-hybridized carbons (Fsp3) is 0.350. The van der Waals surface area contributed by atoms with Crippen LogP contribution in [0.25, 0.3) is 0 Å². The van der Waals surface area contributed by atoms with Gasteiger partial charge >= 0.3 is 0 Å². The fourth-order valence-electron chi connectivity index (χ4n) is 3.84. The van der Waals surface area contributed by atoms with Crippen molar-refractivity contribution in [3.05, 3.63) is 59.4 Å². The summed E-state index contributed by atoms with van der Waals surface area (Å²) in [4.78, 5) is 32.6. The Morgan fingerprint density at radius 2 is 2.11 bits per heavy atom. The van der Waals surface area contributed by atoms with Gasteiger partial charge in [0, 0.05) is 37.3 Å². The van der Waals surface area contributed by atoms with Gasteiger partial charge in [0.1, 0.15) is 11.6 Å². The molecule has 2 amide bonds. The van der Waals surface area contributed by atoms with Crippen molar-refractivity contribution in [1.29, 1.82) is 0 Å². The molecule has 0 bridgehead atoms. The lowest BCUT2D eigenvalue weighted by atomic mass is 9.98. The van der Waals surface area contributed by atoms with Crippen LogP contribution in [0.2, 0.25) is 0 Å². The van der Waals surface area contributed by atoms with E-state index in [0.717, 1.165) is 11.8 Å². The molecular formula is C20H19F2N3O2. The molecule has 140 valence electrons. The molecule has 2 aliphatic heterocycles. The quantitative estimate of drug-likeness (QED) is 0.834. The second kappa shape index (κ2) is 7.06. The molecule has 1 aromatic heterocycles. The Kier molecular flexibility index (Phi) is 4.59. The van der Waals surface area contributed by atoms with Gasteiger partial charge in [-0.25, -0.2) is 8.78 Å². The van der Waals surface area contributed by atoms with Gasteiger partial charge in [-0.15, -0.1) is 0 Å². The molecule has 1 saturated heterocycles. The summed E-state index contributed by atoms with van der Waals surface area (Å²) in [5, 5.41) is 0. The number of carbonyl (C=O) groups excluding carboxylic acids is 2. The van der Waals surface area contributed by atoms with Gasteiger partial charge in [0.25, 0.3) is 0 Å². The molecule has 1 aromatic carbocycles. The molecule has 0 aliphatic carbocycles. The van der Waals surface area contributed by atoms with E-state index >= 15 is 0 Å². The van der Waals surface area contributed by atoms with Gasteiger partial charge in [-0.05, 0) is 31.0 Å². The van der Waals surface area contributed by atoms with E-state index in [1.807, 2.05) is 12.1 Å². The van der Waals surface area contributed by atoms with Crippen LogP contribution in [0, 0.1) is 17.6 Å². The molecule has 0 saturated carbocycles. The van der Waals surface area contributed by atoms with Crippen molar-refractivity contribution in [2.24, 2.45) is 5.92 Å². The van der Waals surface area contributed by atoms with Crippen molar-refractivity contribution in [2.75, 3.05) is 18.0 Å². The van der Waals surface area contributed by atoms with Crippen LogP contribution in [-0.4, -0.2) is 34.8 Å². The lowest BCUT2D eigenvalue weighted by molar-refractivity contribution is -0.129. The van der Waals surface area contributed by atoms with E-state index in [0.29, 0.717) is 37.2 Å². The van der Waals surface area contributed by atoms with Crippen molar-refractivity contribution < 1.29 is 18.4 Å². The number of aromatic nitrogens is 1. The zero-order valence-electron chi connectivity index (χ0n) is 14.7. The molecular weight excluding hydrogens is 352 g/mol. The predicted octanol–water partition coefficient (Wildman–Crippen LogP) is 2.69. The average molecular weight is 371 g/mol. The number of carbonyl (C=O) groups is 2. The summed E-state index contributed by atoms with van der Waals surface area (Å²) in [6, 6.07) is 7.53. The van der Waals surface area contributed by atoms with Crippen LogP contribution in [0.1, 0.15) is 24.1 Å². The number of amides is 2. The first-order valence-corrected chi connectivity index (χ1v) is 9.00. The van der Waals surface area contributed by atoms with Crippen LogP contribution in [0.5, 0.6) is 0 Å². The number of hydrogen-bond donors (Lipinski definition) is 0. The Labute approximate surface area is 155 Å². The third-order valence-corrected chi connectivity index (χ3v) is 5.14. The molecule has 0 spiro atoms. The molecule has 2 aliphatic rings. The number of nitrogens with zero attached hydrogens (tertiary/aromatic N) is 3. The molecule has 1 atom stereocenters. The summed E-state index contributed by atoms with van der Waals surface area (Å²) in [7, 11) is 0. The number of rotatable bonds is 3. The molecule has 3 heterocycles. The van der Waals surface area contributed by atoms with Crippen LogP contribution in [0.15, 0.2) is 36.5 Å². The highest BCUT2D eigenvalue weighted by Gasteiger charge is 2.38. The Bertz CT molecular complexity index is 888. The van der Waals surface area contributed by atoms with E-state index in [-0.39, 0.29) is 24.8 Å². The lowest BCUT2D eigenvalue weighted by Crippen LogP contribution is -2.41. The van der Waals surface area contributed by atoms with Crippen molar-refractivity contribution in [3.8, 4) is 0 Å². The summed E-state index contributed by atoms with van der Waals surface area (Å²) < 4.78 is 27.8. The topological polar surface area (TPSA) is 53.5 Å². The van der Waals surface area contributed by atoms with Crippen molar-refractivity contribution in [2.45, 2.75) is 25.8 Å². The van der Waals surface area contributed by atoms with Crippen LogP contribution < -0.4 is 4.90 Å². The fourth-order valence-corrected chi connectivity index (χ4v) is 3.84. The second-order valence-electron chi connectivity index (χ2n) is 6.98. The standard InChI is InChI=1S/C20H19F2N3O2/c21-14-9-17(22)16-5-3-7-25(18(16)10-14)20(27)13-8-19(26)24(11-13)12-15-4-1-2-6-23-15/h1-2,4,6,9-10,13H,3,5,7-8,11-12H2. The summed E-state index contributed by atoms with van der Waals surface area (Å²) in [5.74, 6) is -2.20.